The van der Waals surface area contributed by atoms with Gasteiger partial charge in [0.15, 0.2) is 5.82 Å². The molecule has 2 N–H and O–H groups in total. The molecule has 10 heteroatoms. The highest BCUT2D eigenvalue weighted by molar-refractivity contribution is 6.31. The number of alkyl halides is 3. The van der Waals surface area contributed by atoms with E-state index in [9.17, 15) is 13.2 Å². The summed E-state index contributed by atoms with van der Waals surface area (Å²) in [6.45, 7) is 1.72. The number of halogens is 4. The summed E-state index contributed by atoms with van der Waals surface area (Å²) in [5.74, 6) is 0.999. The average Bonchev–Trinajstić information content (AvgIpc) is 3.05. The van der Waals surface area contributed by atoms with Crippen molar-refractivity contribution in [3.63, 3.8) is 0 Å². The molecular formula is C18H12ClF3N6. The first-order valence-corrected chi connectivity index (χ1v) is 8.49. The molecule has 28 heavy (non-hydrogen) atoms. The van der Waals surface area contributed by atoms with Gasteiger partial charge < -0.3 is 5.32 Å². The molecule has 0 aliphatic heterocycles. The Kier molecular flexibility index (Phi) is 4.38. The van der Waals surface area contributed by atoms with E-state index in [4.69, 9.17) is 11.6 Å². The maximum Gasteiger partial charge on any atom is 0.417 e. The minimum absolute atomic E-state index is 0.0857. The Balaban J connectivity index is 1.93. The summed E-state index contributed by atoms with van der Waals surface area (Å²) in [6, 6.07) is 10.0. The van der Waals surface area contributed by atoms with E-state index < -0.39 is 11.7 Å². The van der Waals surface area contributed by atoms with Crippen LogP contribution in [0.4, 0.5) is 24.9 Å². The van der Waals surface area contributed by atoms with Crippen molar-refractivity contribution in [2.24, 2.45) is 0 Å². The summed E-state index contributed by atoms with van der Waals surface area (Å²) in [7, 11) is 0. The van der Waals surface area contributed by atoms with Crippen molar-refractivity contribution in [2.45, 2.75) is 13.1 Å². The van der Waals surface area contributed by atoms with Gasteiger partial charge in [-0.15, -0.1) is 5.10 Å². The van der Waals surface area contributed by atoms with Crippen LogP contribution in [0, 0.1) is 6.92 Å². The first-order valence-electron chi connectivity index (χ1n) is 8.11. The predicted molar refractivity (Wildman–Crippen MR) is 99.4 cm³/mol. The van der Waals surface area contributed by atoms with E-state index in [2.05, 4.69) is 30.5 Å². The third-order valence-electron chi connectivity index (χ3n) is 3.96. The van der Waals surface area contributed by atoms with Gasteiger partial charge in [-0.1, -0.05) is 29.8 Å². The number of aromatic amines is 1. The molecule has 142 valence electrons. The fourth-order valence-electron chi connectivity index (χ4n) is 2.75. The molecule has 0 aliphatic rings. The summed E-state index contributed by atoms with van der Waals surface area (Å²) in [6.07, 6.45) is -4.54. The monoisotopic (exact) mass is 404 g/mol. The standard InChI is InChI=1S/C18H12ClF3N6/c1-9-23-17(28-27-9)26-16-12-7-6-10(19)8-14(12)24-15(25-16)11-4-2-3-5-13(11)18(20,21)22/h2-8H,1H3,(H2,23,24,25,26,27,28). The quantitative estimate of drug-likeness (QED) is 0.494. The number of aromatic nitrogens is 5. The van der Waals surface area contributed by atoms with Crippen LogP contribution >= 0.6 is 11.6 Å². The van der Waals surface area contributed by atoms with Crippen molar-refractivity contribution in [1.82, 2.24) is 25.1 Å². The molecule has 2 aromatic heterocycles. The van der Waals surface area contributed by atoms with Crippen molar-refractivity contribution in [2.75, 3.05) is 5.32 Å². The molecular weight excluding hydrogens is 393 g/mol. The third-order valence-corrected chi connectivity index (χ3v) is 4.19. The summed E-state index contributed by atoms with van der Waals surface area (Å²) < 4.78 is 40.3. The van der Waals surface area contributed by atoms with E-state index in [1.54, 1.807) is 25.1 Å². The van der Waals surface area contributed by atoms with Crippen LogP contribution in [0.3, 0.4) is 0 Å². The molecule has 0 aliphatic carbocycles. The molecule has 6 nitrogen and oxygen atoms in total. The lowest BCUT2D eigenvalue weighted by atomic mass is 10.1. The lowest BCUT2D eigenvalue weighted by Crippen LogP contribution is -2.09. The van der Waals surface area contributed by atoms with E-state index in [1.165, 1.54) is 18.2 Å². The second-order valence-electron chi connectivity index (χ2n) is 5.97. The van der Waals surface area contributed by atoms with Crippen LogP contribution in [-0.2, 0) is 6.18 Å². The highest BCUT2D eigenvalue weighted by Crippen LogP contribution is 2.37. The molecule has 2 heterocycles. The van der Waals surface area contributed by atoms with Gasteiger partial charge in [0.1, 0.15) is 11.6 Å². The summed E-state index contributed by atoms with van der Waals surface area (Å²) >= 11 is 6.05. The molecule has 0 amide bonds. The minimum atomic E-state index is -4.54. The highest BCUT2D eigenvalue weighted by atomic mass is 35.5. The second kappa shape index (κ2) is 6.75. The van der Waals surface area contributed by atoms with Gasteiger partial charge in [-0.05, 0) is 31.2 Å². The van der Waals surface area contributed by atoms with Crippen LogP contribution in [-0.4, -0.2) is 25.1 Å². The van der Waals surface area contributed by atoms with Crippen molar-refractivity contribution in [1.29, 1.82) is 0 Å². The zero-order valence-electron chi connectivity index (χ0n) is 14.3. The van der Waals surface area contributed by atoms with Gasteiger partial charge in [0.2, 0.25) is 5.95 Å². The number of hydrogen-bond acceptors (Lipinski definition) is 5. The second-order valence-corrected chi connectivity index (χ2v) is 6.41. The Hall–Kier alpha value is -3.20. The lowest BCUT2D eigenvalue weighted by molar-refractivity contribution is -0.137. The van der Waals surface area contributed by atoms with Gasteiger partial charge in [0, 0.05) is 16.0 Å². The molecule has 0 radical (unpaired) electrons. The molecule has 0 saturated carbocycles. The van der Waals surface area contributed by atoms with Crippen molar-refractivity contribution < 1.29 is 13.2 Å². The molecule has 4 rings (SSSR count). The van der Waals surface area contributed by atoms with E-state index in [0.717, 1.165) is 6.07 Å². The fourth-order valence-corrected chi connectivity index (χ4v) is 2.91. The van der Waals surface area contributed by atoms with Gasteiger partial charge in [-0.3, -0.25) is 5.10 Å². The molecule has 0 atom stereocenters. The number of anilines is 2. The van der Waals surface area contributed by atoms with Crippen molar-refractivity contribution in [3.8, 4) is 11.4 Å². The van der Waals surface area contributed by atoms with E-state index >= 15 is 0 Å². The first kappa shape index (κ1) is 18.2. The Morgan fingerprint density at radius 1 is 1.04 bits per heavy atom. The predicted octanol–water partition coefficient (Wildman–Crippen LogP) is 5.14. The molecule has 0 fully saturated rings. The van der Waals surface area contributed by atoms with Crippen LogP contribution < -0.4 is 5.32 Å². The largest absolute Gasteiger partial charge is 0.417 e. The average molecular weight is 405 g/mol. The summed E-state index contributed by atoms with van der Waals surface area (Å²) in [5.41, 5.74) is -0.564. The van der Waals surface area contributed by atoms with Gasteiger partial charge in [0.05, 0.1) is 11.1 Å². The van der Waals surface area contributed by atoms with Gasteiger partial charge in [-0.25, -0.2) is 9.97 Å². The maximum absolute atomic E-state index is 13.4. The molecule has 0 saturated heterocycles. The van der Waals surface area contributed by atoms with E-state index in [-0.39, 0.29) is 23.2 Å². The summed E-state index contributed by atoms with van der Waals surface area (Å²) in [5, 5.41) is 10.6. The normalized spacial score (nSPS) is 11.8. The van der Waals surface area contributed by atoms with Crippen LogP contribution in [0.25, 0.3) is 22.3 Å². The first-order chi connectivity index (χ1) is 13.3. The number of hydrogen-bond donors (Lipinski definition) is 2. The van der Waals surface area contributed by atoms with Crippen molar-refractivity contribution >= 4 is 34.3 Å². The smallest absolute Gasteiger partial charge is 0.307 e. The molecule has 2 aromatic carbocycles. The summed E-state index contributed by atoms with van der Waals surface area (Å²) in [4.78, 5) is 12.8. The molecule has 0 unspecified atom stereocenters. The van der Waals surface area contributed by atoms with Crippen LogP contribution in [0.5, 0.6) is 0 Å². The molecule has 0 bridgehead atoms. The fraction of sp³-hybridized carbons (Fsp3) is 0.111. The van der Waals surface area contributed by atoms with Crippen LogP contribution in [0.1, 0.15) is 11.4 Å². The maximum atomic E-state index is 13.4. The Labute approximate surface area is 161 Å². The minimum Gasteiger partial charge on any atom is -0.307 e. The molecule has 4 aromatic rings. The number of H-pyrrole nitrogens is 1. The number of aryl methyl sites for hydroxylation is 1. The number of rotatable bonds is 3. The van der Waals surface area contributed by atoms with Crippen molar-refractivity contribution in [3.05, 3.63) is 58.9 Å². The number of nitrogens with zero attached hydrogens (tertiary/aromatic N) is 4. The highest BCUT2D eigenvalue weighted by Gasteiger charge is 2.34. The third kappa shape index (κ3) is 3.48. The van der Waals surface area contributed by atoms with Gasteiger partial charge >= 0.3 is 6.18 Å². The zero-order chi connectivity index (χ0) is 19.9. The Morgan fingerprint density at radius 3 is 2.54 bits per heavy atom. The number of fused-ring (bicyclic) bond motifs is 1. The van der Waals surface area contributed by atoms with Gasteiger partial charge in [-0.2, -0.15) is 18.2 Å². The molecule has 0 spiro atoms. The van der Waals surface area contributed by atoms with Crippen LogP contribution in [0.2, 0.25) is 5.02 Å². The van der Waals surface area contributed by atoms with E-state index in [1.807, 2.05) is 0 Å². The zero-order valence-corrected chi connectivity index (χ0v) is 15.1. The number of benzene rings is 2. The lowest BCUT2D eigenvalue weighted by Gasteiger charge is -2.14. The topological polar surface area (TPSA) is 79.4 Å². The number of nitrogens with one attached hydrogen (secondary N) is 2. The Morgan fingerprint density at radius 2 is 1.82 bits per heavy atom. The Bertz CT molecular complexity index is 1170. The van der Waals surface area contributed by atoms with E-state index in [0.29, 0.717) is 21.7 Å². The van der Waals surface area contributed by atoms with Gasteiger partial charge in [0.25, 0.3) is 0 Å². The SMILES string of the molecule is Cc1nc(Nc2nc(-c3ccccc3C(F)(F)F)nc3cc(Cl)ccc23)n[nH]1. The van der Waals surface area contributed by atoms with Crippen LogP contribution in [0.15, 0.2) is 42.5 Å².